The van der Waals surface area contributed by atoms with Gasteiger partial charge in [-0.25, -0.2) is 4.79 Å². The third-order valence-electron chi connectivity index (χ3n) is 2.80. The summed E-state index contributed by atoms with van der Waals surface area (Å²) in [6.07, 6.45) is 2.05. The molecule has 0 fully saturated rings. The van der Waals surface area contributed by atoms with Crippen LogP contribution in [0.1, 0.15) is 27.7 Å². The van der Waals surface area contributed by atoms with Crippen molar-refractivity contribution < 1.29 is 19.5 Å². The average Bonchev–Trinajstić information content (AvgIpc) is 2.35. The predicted molar refractivity (Wildman–Crippen MR) is 71.5 cm³/mol. The van der Waals surface area contributed by atoms with Gasteiger partial charge in [-0.2, -0.15) is 0 Å². The van der Waals surface area contributed by atoms with Crippen LogP contribution in [-0.2, 0) is 14.4 Å². The van der Waals surface area contributed by atoms with Gasteiger partial charge in [0.05, 0.1) is 12.6 Å². The fourth-order valence-electron chi connectivity index (χ4n) is 1.75. The summed E-state index contributed by atoms with van der Waals surface area (Å²) in [5.74, 6) is -1.16. The number of carboxylic acid groups (broad SMARTS) is 1. The molecular formula is C13H22N2O4. The van der Waals surface area contributed by atoms with Crippen molar-refractivity contribution in [3.8, 4) is 0 Å². The van der Waals surface area contributed by atoms with Crippen molar-refractivity contribution >= 4 is 18.3 Å². The maximum Gasteiger partial charge on any atom is 0.331 e. The number of rotatable bonds is 8. The molecule has 0 aromatic heterocycles. The van der Waals surface area contributed by atoms with E-state index >= 15 is 0 Å². The molecule has 0 aliphatic heterocycles. The Labute approximate surface area is 113 Å². The summed E-state index contributed by atoms with van der Waals surface area (Å²) in [6, 6.07) is -0.304. The molecule has 0 radical (unpaired) electrons. The molecule has 6 heteroatoms. The van der Waals surface area contributed by atoms with Crippen molar-refractivity contribution in [2.45, 2.75) is 33.7 Å². The Balaban J connectivity index is 5.11. The van der Waals surface area contributed by atoms with Crippen molar-refractivity contribution in [2.24, 2.45) is 5.92 Å². The summed E-state index contributed by atoms with van der Waals surface area (Å²) >= 11 is 0. The Kier molecular flexibility index (Phi) is 7.48. The van der Waals surface area contributed by atoms with Gasteiger partial charge in [0.1, 0.15) is 0 Å². The molecule has 1 atom stereocenters. The second-order valence-electron chi connectivity index (χ2n) is 4.57. The second kappa shape index (κ2) is 8.29. The first-order valence-electron chi connectivity index (χ1n) is 6.23. The minimum absolute atomic E-state index is 0.0782. The first-order chi connectivity index (χ1) is 8.84. The molecule has 0 aromatic rings. The minimum atomic E-state index is -1.000. The smallest absolute Gasteiger partial charge is 0.331 e. The predicted octanol–water partition coefficient (Wildman–Crippen LogP) is 0.636. The molecule has 6 nitrogen and oxygen atoms in total. The number of likely N-dealkylation sites (N-methyl/N-ethyl adjacent to an activating group) is 1. The Morgan fingerprint density at radius 1 is 1.37 bits per heavy atom. The Morgan fingerprint density at radius 2 is 1.95 bits per heavy atom. The molecule has 0 bridgehead atoms. The fraction of sp³-hybridized carbons (Fsp3) is 0.615. The summed E-state index contributed by atoms with van der Waals surface area (Å²) in [5, 5.41) is 11.2. The van der Waals surface area contributed by atoms with E-state index in [0.29, 0.717) is 13.0 Å². The van der Waals surface area contributed by atoms with E-state index in [1.807, 2.05) is 20.8 Å². The number of carboxylic acids is 1. The first-order valence-corrected chi connectivity index (χ1v) is 6.23. The van der Waals surface area contributed by atoms with E-state index in [-0.39, 0.29) is 30.0 Å². The van der Waals surface area contributed by atoms with Crippen LogP contribution in [-0.4, -0.2) is 47.4 Å². The lowest BCUT2D eigenvalue weighted by molar-refractivity contribution is -0.134. The third kappa shape index (κ3) is 5.54. The maximum absolute atomic E-state index is 12.0. The minimum Gasteiger partial charge on any atom is -0.478 e. The topological polar surface area (TPSA) is 86.7 Å². The van der Waals surface area contributed by atoms with Crippen LogP contribution in [0.4, 0.5) is 0 Å². The molecule has 0 saturated heterocycles. The quantitative estimate of drug-likeness (QED) is 0.500. The van der Waals surface area contributed by atoms with E-state index in [2.05, 4.69) is 5.32 Å². The van der Waals surface area contributed by atoms with E-state index in [4.69, 9.17) is 5.11 Å². The van der Waals surface area contributed by atoms with Crippen LogP contribution in [0, 0.1) is 5.92 Å². The zero-order valence-electron chi connectivity index (χ0n) is 11.8. The van der Waals surface area contributed by atoms with Crippen molar-refractivity contribution in [1.82, 2.24) is 10.2 Å². The fourth-order valence-corrected chi connectivity index (χ4v) is 1.75. The van der Waals surface area contributed by atoms with E-state index in [9.17, 15) is 14.4 Å². The van der Waals surface area contributed by atoms with Crippen molar-refractivity contribution in [1.29, 1.82) is 0 Å². The maximum atomic E-state index is 12.0. The number of hydrogen-bond donors (Lipinski definition) is 2. The molecule has 2 N–H and O–H groups in total. The average molecular weight is 270 g/mol. The normalized spacial score (nSPS) is 13.0. The molecule has 0 aromatic carbocycles. The summed E-state index contributed by atoms with van der Waals surface area (Å²) < 4.78 is 0. The van der Waals surface area contributed by atoms with E-state index in [1.165, 1.54) is 6.92 Å². The summed E-state index contributed by atoms with van der Waals surface area (Å²) in [4.78, 5) is 34.6. The highest BCUT2D eigenvalue weighted by atomic mass is 16.4. The SMILES string of the molecule is CCN(C(=O)CNC=O)C(/C=C(\C)C(=O)O)C(C)C. The van der Waals surface area contributed by atoms with Gasteiger partial charge in [-0.3, -0.25) is 9.59 Å². The molecule has 1 unspecified atom stereocenters. The van der Waals surface area contributed by atoms with Crippen LogP contribution in [0.5, 0.6) is 0 Å². The van der Waals surface area contributed by atoms with Gasteiger partial charge >= 0.3 is 5.97 Å². The lowest BCUT2D eigenvalue weighted by Crippen LogP contribution is -2.46. The van der Waals surface area contributed by atoms with Crippen LogP contribution in [0.2, 0.25) is 0 Å². The molecule has 19 heavy (non-hydrogen) atoms. The molecular weight excluding hydrogens is 248 g/mol. The zero-order chi connectivity index (χ0) is 15.0. The molecule has 0 aliphatic rings. The first kappa shape index (κ1) is 17.2. The summed E-state index contributed by atoms with van der Waals surface area (Å²) in [5.41, 5.74) is 0.202. The number of carbonyl (C=O) groups is 3. The summed E-state index contributed by atoms with van der Waals surface area (Å²) in [7, 11) is 0. The van der Waals surface area contributed by atoms with Crippen LogP contribution >= 0.6 is 0 Å². The Hall–Kier alpha value is -1.85. The van der Waals surface area contributed by atoms with Crippen molar-refractivity contribution in [3.63, 3.8) is 0 Å². The van der Waals surface area contributed by atoms with Gasteiger partial charge < -0.3 is 15.3 Å². The molecule has 2 amide bonds. The van der Waals surface area contributed by atoms with Gasteiger partial charge in [0, 0.05) is 12.1 Å². The van der Waals surface area contributed by atoms with Gasteiger partial charge in [0.15, 0.2) is 0 Å². The number of nitrogens with one attached hydrogen (secondary N) is 1. The van der Waals surface area contributed by atoms with Crippen LogP contribution in [0.15, 0.2) is 11.6 Å². The summed E-state index contributed by atoms with van der Waals surface area (Å²) in [6.45, 7) is 7.52. The van der Waals surface area contributed by atoms with Gasteiger partial charge in [0.25, 0.3) is 0 Å². The number of amides is 2. The monoisotopic (exact) mass is 270 g/mol. The van der Waals surface area contributed by atoms with Gasteiger partial charge in [-0.15, -0.1) is 0 Å². The zero-order valence-corrected chi connectivity index (χ0v) is 11.8. The highest BCUT2D eigenvalue weighted by molar-refractivity contribution is 5.86. The van der Waals surface area contributed by atoms with Gasteiger partial charge in [-0.05, 0) is 19.8 Å². The van der Waals surface area contributed by atoms with E-state index in [1.54, 1.807) is 11.0 Å². The lowest BCUT2D eigenvalue weighted by Gasteiger charge is -2.32. The molecule has 0 heterocycles. The Morgan fingerprint density at radius 3 is 2.32 bits per heavy atom. The molecule has 0 rings (SSSR count). The van der Waals surface area contributed by atoms with E-state index in [0.717, 1.165) is 0 Å². The standard InChI is InChI=1S/C13H22N2O4/c1-5-15(12(17)7-14-8-16)11(9(2)3)6-10(4)13(18)19/h6,8-9,11H,5,7H2,1-4H3,(H,14,16)(H,18,19)/b10-6+. The molecule has 0 spiro atoms. The van der Waals surface area contributed by atoms with Gasteiger partial charge in [-0.1, -0.05) is 19.9 Å². The van der Waals surface area contributed by atoms with Crippen LogP contribution < -0.4 is 5.32 Å². The lowest BCUT2D eigenvalue weighted by atomic mass is 9.99. The Bertz CT molecular complexity index is 364. The number of nitrogens with zero attached hydrogens (tertiary/aromatic N) is 1. The molecule has 108 valence electrons. The number of carbonyl (C=O) groups excluding carboxylic acids is 2. The van der Waals surface area contributed by atoms with E-state index < -0.39 is 5.97 Å². The second-order valence-corrected chi connectivity index (χ2v) is 4.57. The largest absolute Gasteiger partial charge is 0.478 e. The van der Waals surface area contributed by atoms with Crippen LogP contribution in [0.25, 0.3) is 0 Å². The van der Waals surface area contributed by atoms with Crippen molar-refractivity contribution in [3.05, 3.63) is 11.6 Å². The van der Waals surface area contributed by atoms with Crippen molar-refractivity contribution in [2.75, 3.05) is 13.1 Å². The number of aliphatic carboxylic acids is 1. The van der Waals surface area contributed by atoms with Gasteiger partial charge in [0.2, 0.25) is 12.3 Å². The van der Waals surface area contributed by atoms with Crippen LogP contribution in [0.3, 0.4) is 0 Å². The highest BCUT2D eigenvalue weighted by Gasteiger charge is 2.23. The molecule has 0 aliphatic carbocycles. The third-order valence-corrected chi connectivity index (χ3v) is 2.80. The molecule has 0 saturated carbocycles. The highest BCUT2D eigenvalue weighted by Crippen LogP contribution is 2.14. The number of hydrogen-bond acceptors (Lipinski definition) is 3.